The Bertz CT molecular complexity index is 660. The molecule has 0 aromatic carbocycles. The van der Waals surface area contributed by atoms with Crippen molar-refractivity contribution in [1.82, 2.24) is 30.0 Å². The number of carbonyl (C=O) groups excluding carboxylic acids is 2. The Kier molecular flexibility index (Phi) is 4.14. The van der Waals surface area contributed by atoms with Crippen LogP contribution in [-0.2, 0) is 11.2 Å². The summed E-state index contributed by atoms with van der Waals surface area (Å²) >= 11 is 1.54. The standard InChI is InChI=1S/C13H16N6O2S/c1-9-16-10(7-22-9)6-11(20)18-2-4-19(5-3-18)13(21)12-14-8-15-17-12/h7-8H,2-6H2,1H3,(H,14,15,17). The van der Waals surface area contributed by atoms with Gasteiger partial charge in [0.1, 0.15) is 6.33 Å². The maximum absolute atomic E-state index is 12.2. The van der Waals surface area contributed by atoms with Gasteiger partial charge in [-0.25, -0.2) is 9.97 Å². The van der Waals surface area contributed by atoms with E-state index in [1.54, 1.807) is 21.1 Å². The molecule has 0 spiro atoms. The number of hydrogen-bond donors (Lipinski definition) is 1. The van der Waals surface area contributed by atoms with E-state index in [2.05, 4.69) is 20.2 Å². The molecule has 2 amide bonds. The molecule has 1 fully saturated rings. The first-order valence-corrected chi connectivity index (χ1v) is 7.85. The highest BCUT2D eigenvalue weighted by Gasteiger charge is 2.26. The van der Waals surface area contributed by atoms with Crippen LogP contribution in [0.25, 0.3) is 0 Å². The number of thiazole rings is 1. The molecule has 2 aromatic heterocycles. The zero-order chi connectivity index (χ0) is 15.5. The molecule has 1 N–H and O–H groups in total. The minimum absolute atomic E-state index is 0.0528. The molecule has 1 aliphatic heterocycles. The second-order valence-corrected chi connectivity index (χ2v) is 6.10. The van der Waals surface area contributed by atoms with Crippen LogP contribution in [0.15, 0.2) is 11.7 Å². The molecule has 0 radical (unpaired) electrons. The summed E-state index contributed by atoms with van der Waals surface area (Å²) in [5, 5.41) is 9.12. The van der Waals surface area contributed by atoms with Gasteiger partial charge in [0, 0.05) is 31.6 Å². The van der Waals surface area contributed by atoms with Crippen molar-refractivity contribution in [3.05, 3.63) is 28.2 Å². The lowest BCUT2D eigenvalue weighted by atomic mass is 10.2. The second-order valence-electron chi connectivity index (χ2n) is 5.04. The van der Waals surface area contributed by atoms with Crippen molar-refractivity contribution in [2.75, 3.05) is 26.2 Å². The number of rotatable bonds is 3. The average molecular weight is 320 g/mol. The van der Waals surface area contributed by atoms with E-state index in [1.807, 2.05) is 12.3 Å². The van der Waals surface area contributed by atoms with Crippen molar-refractivity contribution in [1.29, 1.82) is 0 Å². The number of hydrogen-bond acceptors (Lipinski definition) is 6. The van der Waals surface area contributed by atoms with Crippen molar-refractivity contribution < 1.29 is 9.59 Å². The van der Waals surface area contributed by atoms with Crippen molar-refractivity contribution in [2.24, 2.45) is 0 Å². The Hall–Kier alpha value is -2.29. The number of H-pyrrole nitrogens is 1. The normalized spacial score (nSPS) is 15.1. The first-order valence-electron chi connectivity index (χ1n) is 6.97. The van der Waals surface area contributed by atoms with Gasteiger partial charge in [-0.1, -0.05) is 0 Å². The number of amides is 2. The Morgan fingerprint density at radius 1 is 1.27 bits per heavy atom. The fraction of sp³-hybridized carbons (Fsp3) is 0.462. The Labute approximate surface area is 131 Å². The number of aromatic amines is 1. The van der Waals surface area contributed by atoms with Gasteiger partial charge in [0.2, 0.25) is 11.7 Å². The average Bonchev–Trinajstić information content (AvgIpc) is 3.18. The van der Waals surface area contributed by atoms with Crippen LogP contribution >= 0.6 is 11.3 Å². The SMILES string of the molecule is Cc1nc(CC(=O)N2CCN(C(=O)c3ncn[nH]3)CC2)cs1. The molecule has 0 atom stereocenters. The Morgan fingerprint density at radius 3 is 2.59 bits per heavy atom. The third-order valence-electron chi connectivity index (χ3n) is 3.54. The molecule has 1 aliphatic rings. The molecule has 1 saturated heterocycles. The van der Waals surface area contributed by atoms with Crippen LogP contribution in [-0.4, -0.2) is 68.0 Å². The van der Waals surface area contributed by atoms with Gasteiger partial charge in [-0.15, -0.1) is 11.3 Å². The summed E-state index contributed by atoms with van der Waals surface area (Å²) in [5.41, 5.74) is 0.813. The van der Waals surface area contributed by atoms with Crippen LogP contribution in [0.4, 0.5) is 0 Å². The minimum atomic E-state index is -0.181. The van der Waals surface area contributed by atoms with Gasteiger partial charge >= 0.3 is 0 Å². The molecule has 116 valence electrons. The topological polar surface area (TPSA) is 95.1 Å². The summed E-state index contributed by atoms with van der Waals surface area (Å²) in [5.74, 6) is 0.106. The van der Waals surface area contributed by atoms with E-state index in [1.165, 1.54) is 6.33 Å². The van der Waals surface area contributed by atoms with E-state index in [9.17, 15) is 9.59 Å². The lowest BCUT2D eigenvalue weighted by Crippen LogP contribution is -2.51. The first-order chi connectivity index (χ1) is 10.6. The van der Waals surface area contributed by atoms with Crippen molar-refractivity contribution in [2.45, 2.75) is 13.3 Å². The van der Waals surface area contributed by atoms with Crippen molar-refractivity contribution in [3.8, 4) is 0 Å². The maximum atomic E-state index is 12.2. The molecule has 0 saturated carbocycles. The zero-order valence-corrected chi connectivity index (χ0v) is 13.0. The smallest absolute Gasteiger partial charge is 0.291 e. The predicted molar refractivity (Wildman–Crippen MR) is 79.4 cm³/mol. The van der Waals surface area contributed by atoms with Gasteiger partial charge in [0.15, 0.2) is 0 Å². The predicted octanol–water partition coefficient (Wildman–Crippen LogP) is 0.0967. The summed E-state index contributed by atoms with van der Waals surface area (Å²) in [6.07, 6.45) is 1.63. The fourth-order valence-electron chi connectivity index (χ4n) is 2.37. The van der Waals surface area contributed by atoms with Crippen LogP contribution in [0.3, 0.4) is 0 Å². The summed E-state index contributed by atoms with van der Waals surface area (Å²) in [6, 6.07) is 0. The molecular formula is C13H16N6O2S. The third kappa shape index (κ3) is 3.14. The number of nitrogens with zero attached hydrogens (tertiary/aromatic N) is 5. The largest absolute Gasteiger partial charge is 0.339 e. The highest BCUT2D eigenvalue weighted by molar-refractivity contribution is 7.09. The Balaban J connectivity index is 1.53. The zero-order valence-electron chi connectivity index (χ0n) is 12.2. The highest BCUT2D eigenvalue weighted by Crippen LogP contribution is 2.11. The molecule has 3 heterocycles. The number of aromatic nitrogens is 4. The minimum Gasteiger partial charge on any atom is -0.339 e. The lowest BCUT2D eigenvalue weighted by molar-refractivity contribution is -0.132. The van der Waals surface area contributed by atoms with E-state index in [-0.39, 0.29) is 17.6 Å². The van der Waals surface area contributed by atoms with Gasteiger partial charge in [0.05, 0.1) is 17.1 Å². The molecule has 8 nitrogen and oxygen atoms in total. The fourth-order valence-corrected chi connectivity index (χ4v) is 2.99. The molecule has 9 heteroatoms. The van der Waals surface area contributed by atoms with Gasteiger partial charge in [-0.05, 0) is 6.92 Å². The molecule has 0 aliphatic carbocycles. The molecule has 2 aromatic rings. The van der Waals surface area contributed by atoms with Gasteiger partial charge in [-0.3, -0.25) is 14.7 Å². The summed E-state index contributed by atoms with van der Waals surface area (Å²) in [7, 11) is 0. The molecule has 3 rings (SSSR count). The summed E-state index contributed by atoms with van der Waals surface area (Å²) in [4.78, 5) is 36.0. The number of carbonyl (C=O) groups is 2. The molecule has 0 bridgehead atoms. The van der Waals surface area contributed by atoms with Crippen molar-refractivity contribution in [3.63, 3.8) is 0 Å². The second kappa shape index (κ2) is 6.22. The lowest BCUT2D eigenvalue weighted by Gasteiger charge is -2.34. The maximum Gasteiger partial charge on any atom is 0.291 e. The third-order valence-corrected chi connectivity index (χ3v) is 4.36. The van der Waals surface area contributed by atoms with Gasteiger partial charge in [-0.2, -0.15) is 5.10 Å². The molecular weight excluding hydrogens is 304 g/mol. The van der Waals surface area contributed by atoms with Crippen LogP contribution in [0.1, 0.15) is 21.3 Å². The number of nitrogens with one attached hydrogen (secondary N) is 1. The quantitative estimate of drug-likeness (QED) is 0.865. The Morgan fingerprint density at radius 2 is 2.00 bits per heavy atom. The van der Waals surface area contributed by atoms with Crippen molar-refractivity contribution >= 4 is 23.2 Å². The van der Waals surface area contributed by atoms with E-state index >= 15 is 0 Å². The van der Waals surface area contributed by atoms with Crippen LogP contribution in [0.5, 0.6) is 0 Å². The molecule has 0 unspecified atom stereocenters. The van der Waals surface area contributed by atoms with E-state index < -0.39 is 0 Å². The van der Waals surface area contributed by atoms with E-state index in [0.29, 0.717) is 32.6 Å². The number of aryl methyl sites for hydroxylation is 1. The summed E-state index contributed by atoms with van der Waals surface area (Å²) in [6.45, 7) is 3.99. The summed E-state index contributed by atoms with van der Waals surface area (Å²) < 4.78 is 0. The van der Waals surface area contributed by atoms with Crippen LogP contribution in [0.2, 0.25) is 0 Å². The van der Waals surface area contributed by atoms with E-state index in [4.69, 9.17) is 0 Å². The molecule has 22 heavy (non-hydrogen) atoms. The van der Waals surface area contributed by atoms with E-state index in [0.717, 1.165) is 10.7 Å². The number of piperazine rings is 1. The van der Waals surface area contributed by atoms with Crippen LogP contribution < -0.4 is 0 Å². The highest BCUT2D eigenvalue weighted by atomic mass is 32.1. The van der Waals surface area contributed by atoms with Gasteiger partial charge in [0.25, 0.3) is 5.91 Å². The van der Waals surface area contributed by atoms with Crippen LogP contribution in [0, 0.1) is 6.92 Å². The monoisotopic (exact) mass is 320 g/mol. The van der Waals surface area contributed by atoms with Gasteiger partial charge < -0.3 is 9.80 Å². The first kappa shape index (κ1) is 14.6.